The number of amides is 1. The minimum atomic E-state index is -2.25. The lowest BCUT2D eigenvalue weighted by Gasteiger charge is -2.47. The Morgan fingerprint density at radius 1 is 0.875 bits per heavy atom. The Bertz CT molecular complexity index is 1180. The molecule has 3 rings (SSSR count). The molecule has 9 heteroatoms. The van der Waals surface area contributed by atoms with Crippen molar-refractivity contribution in [1.29, 1.82) is 0 Å². The summed E-state index contributed by atoms with van der Waals surface area (Å²) in [6.45, 7) is 22.2. The Labute approximate surface area is 242 Å². The molecule has 0 aromatic heterocycles. The van der Waals surface area contributed by atoms with Crippen LogP contribution in [0.25, 0.3) is 0 Å². The molecule has 0 saturated heterocycles. The third kappa shape index (κ3) is 6.70. The summed E-state index contributed by atoms with van der Waals surface area (Å²) in [6.07, 6.45) is 0. The highest BCUT2D eigenvalue weighted by Gasteiger charge is 2.53. The van der Waals surface area contributed by atoms with Gasteiger partial charge in [0.15, 0.2) is 16.6 Å². The molecule has 2 aromatic rings. The fourth-order valence-corrected chi connectivity index (χ4v) is 5.90. The van der Waals surface area contributed by atoms with Crippen LogP contribution in [0.2, 0.25) is 36.3 Å². The number of hydrogen-bond donors (Lipinski definition) is 0. The van der Waals surface area contributed by atoms with Crippen LogP contribution in [0.15, 0.2) is 48.5 Å². The molecule has 2 aromatic carbocycles. The molecule has 40 heavy (non-hydrogen) atoms. The first-order valence-electron chi connectivity index (χ1n) is 13.9. The molecule has 0 aliphatic carbocycles. The van der Waals surface area contributed by atoms with Crippen LogP contribution in [0.1, 0.15) is 57.5 Å². The first kappa shape index (κ1) is 32.1. The van der Waals surface area contributed by atoms with Gasteiger partial charge in [0.1, 0.15) is 5.75 Å². The van der Waals surface area contributed by atoms with Crippen LogP contribution in [0.4, 0.5) is 5.69 Å². The highest BCUT2D eigenvalue weighted by Crippen LogP contribution is 2.44. The van der Waals surface area contributed by atoms with E-state index in [4.69, 9.17) is 18.3 Å². The molecule has 220 valence electrons. The Morgan fingerprint density at radius 3 is 1.88 bits per heavy atom. The fraction of sp³-hybridized carbons (Fsp3) is 0.548. The molecule has 0 atom stereocenters. The van der Waals surface area contributed by atoms with E-state index in [1.54, 1.807) is 23.1 Å². The quantitative estimate of drug-likeness (QED) is 0.229. The Morgan fingerprint density at radius 2 is 1.40 bits per heavy atom. The van der Waals surface area contributed by atoms with E-state index < -0.39 is 28.2 Å². The molecule has 0 radical (unpaired) electrons. The minimum Gasteiger partial charge on any atom is -0.470 e. The number of carbonyl (C=O) groups excluding carboxylic acids is 2. The highest BCUT2D eigenvalue weighted by atomic mass is 28.4. The Kier molecular flexibility index (Phi) is 9.16. The maximum Gasteiger partial charge on any atom is 0.337 e. The van der Waals surface area contributed by atoms with Crippen molar-refractivity contribution in [3.05, 3.63) is 59.7 Å². The van der Waals surface area contributed by atoms with Crippen LogP contribution in [-0.2, 0) is 24.9 Å². The van der Waals surface area contributed by atoms with E-state index in [-0.39, 0.29) is 29.2 Å². The molecule has 1 aliphatic rings. The van der Waals surface area contributed by atoms with Gasteiger partial charge in [0.25, 0.3) is 5.91 Å². The topological polar surface area (TPSA) is 74.3 Å². The summed E-state index contributed by atoms with van der Waals surface area (Å²) in [5.41, 5.74) is 0.432. The zero-order valence-corrected chi connectivity index (χ0v) is 28.1. The molecule has 7 nitrogen and oxygen atoms in total. The summed E-state index contributed by atoms with van der Waals surface area (Å²) in [5.74, 6) is -0.224. The summed E-state index contributed by atoms with van der Waals surface area (Å²) in [5, 5.41) is -0.105. The summed E-state index contributed by atoms with van der Waals surface area (Å²) in [6, 6.07) is 14.8. The van der Waals surface area contributed by atoms with Crippen LogP contribution in [-0.4, -0.2) is 54.4 Å². The lowest BCUT2D eigenvalue weighted by molar-refractivity contribution is -0.142. The van der Waals surface area contributed by atoms with Crippen molar-refractivity contribution in [2.75, 3.05) is 25.2 Å². The molecular weight excluding hydrogens is 539 g/mol. The van der Waals surface area contributed by atoms with Gasteiger partial charge in [-0.25, -0.2) is 4.79 Å². The number of fused-ring (bicyclic) bond motifs is 1. The monoisotopic (exact) mass is 585 g/mol. The van der Waals surface area contributed by atoms with E-state index >= 15 is 0 Å². The molecule has 0 fully saturated rings. The molecule has 0 saturated carbocycles. The maximum absolute atomic E-state index is 14.7. The number of hydrogen-bond acceptors (Lipinski definition) is 6. The van der Waals surface area contributed by atoms with Gasteiger partial charge in [-0.1, -0.05) is 71.9 Å². The van der Waals surface area contributed by atoms with E-state index in [1.807, 2.05) is 30.3 Å². The number of nitrogens with zero attached hydrogens (tertiary/aromatic N) is 1. The van der Waals surface area contributed by atoms with Gasteiger partial charge in [-0.05, 0) is 60.0 Å². The Balaban J connectivity index is 2.14. The van der Waals surface area contributed by atoms with Crippen LogP contribution in [0.3, 0.4) is 0 Å². The number of carbonyl (C=O) groups is 2. The average molecular weight is 586 g/mol. The molecule has 1 amide bonds. The highest BCUT2D eigenvalue weighted by molar-refractivity contribution is 6.74. The smallest absolute Gasteiger partial charge is 0.337 e. The molecule has 0 bridgehead atoms. The number of benzene rings is 2. The van der Waals surface area contributed by atoms with Crippen LogP contribution in [0.5, 0.6) is 5.75 Å². The van der Waals surface area contributed by atoms with E-state index in [2.05, 4.69) is 67.7 Å². The van der Waals surface area contributed by atoms with Crippen molar-refractivity contribution in [2.45, 2.75) is 90.0 Å². The molecule has 1 heterocycles. The number of rotatable bonds is 9. The van der Waals surface area contributed by atoms with Crippen molar-refractivity contribution in [2.24, 2.45) is 0 Å². The number of anilines is 1. The summed E-state index contributed by atoms with van der Waals surface area (Å²) >= 11 is 0. The molecular formula is C31H47NO6Si2. The van der Waals surface area contributed by atoms with E-state index in [9.17, 15) is 9.59 Å². The second kappa shape index (κ2) is 11.4. The van der Waals surface area contributed by atoms with Crippen molar-refractivity contribution < 1.29 is 27.9 Å². The van der Waals surface area contributed by atoms with E-state index in [1.165, 1.54) is 7.11 Å². The molecule has 0 unspecified atom stereocenters. The summed E-state index contributed by atoms with van der Waals surface area (Å²) in [4.78, 5) is 28.7. The zero-order valence-electron chi connectivity index (χ0n) is 26.1. The van der Waals surface area contributed by atoms with Gasteiger partial charge in [-0.15, -0.1) is 0 Å². The third-order valence-corrected chi connectivity index (χ3v) is 17.7. The summed E-state index contributed by atoms with van der Waals surface area (Å²) < 4.78 is 24.9. The van der Waals surface area contributed by atoms with Gasteiger partial charge in [0.2, 0.25) is 5.60 Å². The number of ether oxygens (including phenoxy) is 2. The average Bonchev–Trinajstić information content (AvgIpc) is 2.87. The maximum atomic E-state index is 14.7. The van der Waals surface area contributed by atoms with Gasteiger partial charge in [0.05, 0.1) is 38.1 Å². The molecule has 0 spiro atoms. The SMILES string of the molecule is COC(=O)c1ccc2c(c1)N(Cc1ccccc1)C(=O)C(CO[Si](C)(C)C(C)(C)C)(CO[Si](C)(C)C(C)(C)C)O2. The molecule has 0 N–H and O–H groups in total. The fourth-order valence-electron chi connectivity index (χ4n) is 3.84. The van der Waals surface area contributed by atoms with Gasteiger partial charge in [-0.3, -0.25) is 4.79 Å². The van der Waals surface area contributed by atoms with Crippen LogP contribution < -0.4 is 9.64 Å². The normalized spacial score (nSPS) is 15.9. The largest absolute Gasteiger partial charge is 0.470 e. The second-order valence-electron chi connectivity index (χ2n) is 13.7. The van der Waals surface area contributed by atoms with E-state index in [0.29, 0.717) is 23.5 Å². The third-order valence-electron chi connectivity index (χ3n) is 8.74. The standard InChI is InChI=1S/C31H47NO6Si2/c1-29(2,3)39(8,9)36-21-31(22-37-40(10,11)30(4,5)6)28(34)32(20-23-15-13-12-14-16-23)25-19-24(27(33)35-7)17-18-26(25)38-31/h12-19H,20-22H2,1-11H3. The second-order valence-corrected chi connectivity index (χ2v) is 23.4. The van der Waals surface area contributed by atoms with Crippen molar-refractivity contribution in [1.82, 2.24) is 0 Å². The Hall–Kier alpha value is -2.47. The van der Waals surface area contributed by atoms with Crippen LogP contribution >= 0.6 is 0 Å². The first-order valence-corrected chi connectivity index (χ1v) is 19.7. The van der Waals surface area contributed by atoms with Crippen molar-refractivity contribution in [3.8, 4) is 5.75 Å². The van der Waals surface area contributed by atoms with Crippen molar-refractivity contribution in [3.63, 3.8) is 0 Å². The first-order chi connectivity index (χ1) is 18.3. The lowest BCUT2D eigenvalue weighted by Crippen LogP contribution is -2.64. The minimum absolute atomic E-state index is 0.0523. The van der Waals surface area contributed by atoms with E-state index in [0.717, 1.165) is 5.56 Å². The lowest BCUT2D eigenvalue weighted by atomic mass is 9.99. The van der Waals surface area contributed by atoms with Gasteiger partial charge in [0, 0.05) is 0 Å². The summed E-state index contributed by atoms with van der Waals surface area (Å²) in [7, 11) is -3.16. The van der Waals surface area contributed by atoms with Gasteiger partial charge < -0.3 is 23.2 Å². The zero-order chi connectivity index (χ0) is 30.1. The van der Waals surface area contributed by atoms with Gasteiger partial charge in [-0.2, -0.15) is 0 Å². The van der Waals surface area contributed by atoms with Crippen molar-refractivity contribution >= 4 is 34.2 Å². The van der Waals surface area contributed by atoms with Crippen LogP contribution in [0, 0.1) is 0 Å². The number of esters is 1. The predicted octanol–water partition coefficient (Wildman–Crippen LogP) is 7.18. The molecule has 1 aliphatic heterocycles. The van der Waals surface area contributed by atoms with Gasteiger partial charge >= 0.3 is 5.97 Å². The predicted molar refractivity (Wildman–Crippen MR) is 165 cm³/mol. The number of methoxy groups -OCH3 is 1.